The van der Waals surface area contributed by atoms with Crippen LogP contribution in [0.15, 0.2) is 18.6 Å². The lowest BCUT2D eigenvalue weighted by atomic mass is 10.2. The van der Waals surface area contributed by atoms with Crippen molar-refractivity contribution in [3.63, 3.8) is 0 Å². The van der Waals surface area contributed by atoms with E-state index in [0.717, 1.165) is 0 Å². The number of aromatic nitrogens is 4. The monoisotopic (exact) mass is 259 g/mol. The lowest BCUT2D eigenvalue weighted by Gasteiger charge is -2.06. The summed E-state index contributed by atoms with van der Waals surface area (Å²) in [5, 5.41) is 30.1. The van der Waals surface area contributed by atoms with Crippen LogP contribution in [0.1, 0.15) is 11.4 Å². The maximum atomic E-state index is 11.0. The van der Waals surface area contributed by atoms with Crippen LogP contribution in [0.3, 0.4) is 0 Å². The molecule has 0 spiro atoms. The molecule has 0 aliphatic heterocycles. The molecule has 0 aliphatic rings. The highest BCUT2D eigenvalue weighted by Crippen LogP contribution is 2.25. The van der Waals surface area contributed by atoms with Crippen LogP contribution in [0.2, 0.25) is 0 Å². The van der Waals surface area contributed by atoms with Gasteiger partial charge in [0.05, 0.1) is 11.5 Å². The summed E-state index contributed by atoms with van der Waals surface area (Å²) in [6.07, 6.45) is 2.86. The molecule has 0 fully saturated rings. The van der Waals surface area contributed by atoms with Crippen molar-refractivity contribution in [3.8, 4) is 6.07 Å². The predicted molar refractivity (Wildman–Crippen MR) is 63.9 cm³/mol. The van der Waals surface area contributed by atoms with Crippen LogP contribution in [0.4, 0.5) is 11.5 Å². The summed E-state index contributed by atoms with van der Waals surface area (Å²) in [7, 11) is 1.75. The van der Waals surface area contributed by atoms with Gasteiger partial charge >= 0.3 is 5.69 Å². The number of aryl methyl sites for hydroxylation is 1. The summed E-state index contributed by atoms with van der Waals surface area (Å²) in [6.45, 7) is 0.221. The zero-order chi connectivity index (χ0) is 13.8. The number of nitrogens with zero attached hydrogens (tertiary/aromatic N) is 6. The van der Waals surface area contributed by atoms with E-state index in [-0.39, 0.29) is 23.6 Å². The zero-order valence-electron chi connectivity index (χ0n) is 9.94. The molecule has 0 bridgehead atoms. The molecule has 19 heavy (non-hydrogen) atoms. The van der Waals surface area contributed by atoms with E-state index in [1.165, 1.54) is 18.6 Å². The van der Waals surface area contributed by atoms with Crippen molar-refractivity contribution < 1.29 is 4.92 Å². The Morgan fingerprint density at radius 2 is 2.42 bits per heavy atom. The second-order valence-corrected chi connectivity index (χ2v) is 3.64. The molecule has 0 aliphatic carbocycles. The normalized spacial score (nSPS) is 9.89. The first-order valence-electron chi connectivity index (χ1n) is 5.23. The molecule has 0 unspecified atom stereocenters. The Morgan fingerprint density at radius 1 is 1.63 bits per heavy atom. The van der Waals surface area contributed by atoms with Crippen LogP contribution in [-0.2, 0) is 13.6 Å². The quantitative estimate of drug-likeness (QED) is 0.629. The molecule has 0 amide bonds. The second kappa shape index (κ2) is 5.09. The highest BCUT2D eigenvalue weighted by molar-refractivity contribution is 5.63. The Hall–Kier alpha value is -3.02. The van der Waals surface area contributed by atoms with Gasteiger partial charge in [-0.2, -0.15) is 5.26 Å². The van der Waals surface area contributed by atoms with E-state index in [4.69, 9.17) is 5.26 Å². The van der Waals surface area contributed by atoms with Crippen LogP contribution in [0, 0.1) is 21.4 Å². The maximum Gasteiger partial charge on any atom is 0.328 e. The second-order valence-electron chi connectivity index (χ2n) is 3.64. The Balaban J connectivity index is 2.28. The molecule has 1 N–H and O–H groups in total. The Kier molecular flexibility index (Phi) is 3.33. The third kappa shape index (κ3) is 2.47. The molecule has 0 aromatic carbocycles. The van der Waals surface area contributed by atoms with Crippen LogP contribution in [0.25, 0.3) is 0 Å². The maximum absolute atomic E-state index is 11.0. The summed E-state index contributed by atoms with van der Waals surface area (Å²) >= 11 is 0. The minimum atomic E-state index is -0.634. The van der Waals surface area contributed by atoms with Gasteiger partial charge in [0.2, 0.25) is 5.82 Å². The van der Waals surface area contributed by atoms with Crippen molar-refractivity contribution in [2.24, 2.45) is 7.05 Å². The van der Waals surface area contributed by atoms with Crippen molar-refractivity contribution in [2.45, 2.75) is 6.54 Å². The van der Waals surface area contributed by atoms with E-state index in [0.29, 0.717) is 5.82 Å². The largest absolute Gasteiger partial charge is 0.357 e. The number of pyridine rings is 1. The molecular weight excluding hydrogens is 250 g/mol. The minimum absolute atomic E-state index is 0.0343. The van der Waals surface area contributed by atoms with Crippen LogP contribution in [-0.4, -0.2) is 24.7 Å². The molecule has 2 rings (SSSR count). The predicted octanol–water partition coefficient (Wildman–Crippen LogP) is 0.602. The fourth-order valence-electron chi connectivity index (χ4n) is 1.49. The summed E-state index contributed by atoms with van der Waals surface area (Å²) in [4.78, 5) is 14.2. The topological polar surface area (TPSA) is 123 Å². The first kappa shape index (κ1) is 12.4. The average molecular weight is 259 g/mol. The standard InChI is InChI=1S/C10H9N7O2/c1-16-6-14-15-8(16)5-13-10-9(17(18)19)7(4-11)2-3-12-10/h2-3,6H,5H2,1H3,(H,12,13). The van der Waals surface area contributed by atoms with Crippen LogP contribution in [0.5, 0.6) is 0 Å². The van der Waals surface area contributed by atoms with Gasteiger partial charge in [-0.1, -0.05) is 0 Å². The molecular formula is C10H9N7O2. The van der Waals surface area contributed by atoms with Gasteiger partial charge < -0.3 is 9.88 Å². The number of hydrogen-bond acceptors (Lipinski definition) is 7. The number of nitrogens with one attached hydrogen (secondary N) is 1. The molecule has 0 saturated heterocycles. The van der Waals surface area contributed by atoms with Gasteiger partial charge in [-0.05, 0) is 6.07 Å². The summed E-state index contributed by atoms with van der Waals surface area (Å²) in [5.41, 5.74) is -0.382. The lowest BCUT2D eigenvalue weighted by Crippen LogP contribution is -2.09. The highest BCUT2D eigenvalue weighted by Gasteiger charge is 2.21. The van der Waals surface area contributed by atoms with E-state index >= 15 is 0 Å². The van der Waals surface area contributed by atoms with Crippen molar-refractivity contribution in [1.82, 2.24) is 19.7 Å². The van der Waals surface area contributed by atoms with Gasteiger partial charge in [-0.3, -0.25) is 10.1 Å². The lowest BCUT2D eigenvalue weighted by molar-refractivity contribution is -0.384. The van der Waals surface area contributed by atoms with Gasteiger partial charge in [0.15, 0.2) is 5.82 Å². The Bertz CT molecular complexity index is 658. The molecule has 9 nitrogen and oxygen atoms in total. The average Bonchev–Trinajstić information content (AvgIpc) is 2.81. The van der Waals surface area contributed by atoms with Gasteiger partial charge in [0.1, 0.15) is 18.0 Å². The molecule has 2 aromatic heterocycles. The van der Waals surface area contributed by atoms with Crippen LogP contribution >= 0.6 is 0 Å². The molecule has 2 aromatic rings. The molecule has 0 saturated carbocycles. The highest BCUT2D eigenvalue weighted by atomic mass is 16.6. The van der Waals surface area contributed by atoms with Gasteiger partial charge in [0, 0.05) is 13.2 Å². The van der Waals surface area contributed by atoms with Crippen LogP contribution < -0.4 is 5.32 Å². The zero-order valence-corrected chi connectivity index (χ0v) is 9.94. The first-order chi connectivity index (χ1) is 9.13. The molecule has 96 valence electrons. The molecule has 9 heteroatoms. The van der Waals surface area contributed by atoms with Crippen molar-refractivity contribution in [3.05, 3.63) is 40.1 Å². The van der Waals surface area contributed by atoms with E-state index < -0.39 is 4.92 Å². The molecule has 0 atom stereocenters. The minimum Gasteiger partial charge on any atom is -0.357 e. The van der Waals surface area contributed by atoms with E-state index in [1.54, 1.807) is 17.7 Å². The molecule has 2 heterocycles. The van der Waals surface area contributed by atoms with Gasteiger partial charge in [-0.15, -0.1) is 10.2 Å². The SMILES string of the molecule is Cn1cnnc1CNc1nccc(C#N)c1[N+](=O)[O-]. The number of nitriles is 1. The fraction of sp³-hybridized carbons (Fsp3) is 0.200. The summed E-state index contributed by atoms with van der Waals surface area (Å²) in [6, 6.07) is 3.06. The third-order valence-electron chi connectivity index (χ3n) is 2.45. The third-order valence-corrected chi connectivity index (χ3v) is 2.45. The van der Waals surface area contributed by atoms with E-state index in [2.05, 4.69) is 20.5 Å². The number of rotatable bonds is 4. The number of hydrogen-bond donors (Lipinski definition) is 1. The Morgan fingerprint density at radius 3 is 3.00 bits per heavy atom. The summed E-state index contributed by atoms with van der Waals surface area (Å²) in [5.74, 6) is 0.630. The number of anilines is 1. The first-order valence-corrected chi connectivity index (χ1v) is 5.23. The molecule has 0 radical (unpaired) electrons. The van der Waals surface area contributed by atoms with Crippen molar-refractivity contribution in [1.29, 1.82) is 5.26 Å². The van der Waals surface area contributed by atoms with E-state index in [1.807, 2.05) is 0 Å². The van der Waals surface area contributed by atoms with Crippen molar-refractivity contribution in [2.75, 3.05) is 5.32 Å². The van der Waals surface area contributed by atoms with E-state index in [9.17, 15) is 10.1 Å². The Labute approximate surface area is 107 Å². The van der Waals surface area contributed by atoms with Crippen molar-refractivity contribution >= 4 is 11.5 Å². The van der Waals surface area contributed by atoms with Gasteiger partial charge in [0.25, 0.3) is 0 Å². The summed E-state index contributed by atoms with van der Waals surface area (Å²) < 4.78 is 1.67. The fourth-order valence-corrected chi connectivity index (χ4v) is 1.49. The van der Waals surface area contributed by atoms with Gasteiger partial charge in [-0.25, -0.2) is 4.98 Å². The number of nitro groups is 1. The smallest absolute Gasteiger partial charge is 0.328 e.